The quantitative estimate of drug-likeness (QED) is 0.784. The fourth-order valence-electron chi connectivity index (χ4n) is 2.36. The predicted molar refractivity (Wildman–Crippen MR) is 65.0 cm³/mol. The summed E-state index contributed by atoms with van der Waals surface area (Å²) >= 11 is 0. The van der Waals surface area contributed by atoms with E-state index in [4.69, 9.17) is 5.73 Å². The molecule has 0 aliphatic carbocycles. The van der Waals surface area contributed by atoms with Gasteiger partial charge in [-0.25, -0.2) is 0 Å². The van der Waals surface area contributed by atoms with Crippen molar-refractivity contribution in [2.24, 2.45) is 0 Å². The number of nitrogens with one attached hydrogen (secondary N) is 1. The summed E-state index contributed by atoms with van der Waals surface area (Å²) in [6.45, 7) is 3.27. The summed E-state index contributed by atoms with van der Waals surface area (Å²) in [6.07, 6.45) is 2.57. The summed E-state index contributed by atoms with van der Waals surface area (Å²) in [6, 6.07) is 2.55. The lowest BCUT2D eigenvalue weighted by atomic mass is 10.1. The zero-order chi connectivity index (χ0) is 11.5. The summed E-state index contributed by atoms with van der Waals surface area (Å²) in [5.74, 6) is 0.573. The number of aromatic amines is 1. The van der Waals surface area contributed by atoms with Crippen molar-refractivity contribution in [2.75, 3.05) is 32.9 Å². The first-order valence-electron chi connectivity index (χ1n) is 5.83. The fraction of sp³-hybridized carbons (Fsp3) is 0.727. The van der Waals surface area contributed by atoms with Gasteiger partial charge in [-0.1, -0.05) is 0 Å². The van der Waals surface area contributed by atoms with Gasteiger partial charge in [0.15, 0.2) is 0 Å². The second kappa shape index (κ2) is 4.84. The maximum atomic E-state index is 5.59. The lowest BCUT2D eigenvalue weighted by molar-refractivity contribution is 0.128. The van der Waals surface area contributed by atoms with Crippen LogP contribution in [0.3, 0.4) is 0 Å². The van der Waals surface area contributed by atoms with Gasteiger partial charge in [-0.05, 0) is 33.5 Å². The standard InChI is InChI=1S/C11H21N5/c1-15-5-3-4-10(8-15)16(2)7-9-6-11(12)14-13-9/h6,10H,3-5,7-8H2,1-2H3,(H3,12,13,14). The third kappa shape index (κ3) is 2.74. The van der Waals surface area contributed by atoms with E-state index in [-0.39, 0.29) is 0 Å². The van der Waals surface area contributed by atoms with E-state index >= 15 is 0 Å². The van der Waals surface area contributed by atoms with Crippen LogP contribution in [0, 0.1) is 0 Å². The number of rotatable bonds is 3. The van der Waals surface area contributed by atoms with Gasteiger partial charge in [0.2, 0.25) is 0 Å². The highest BCUT2D eigenvalue weighted by atomic mass is 15.2. The van der Waals surface area contributed by atoms with Crippen molar-refractivity contribution in [1.29, 1.82) is 0 Å². The van der Waals surface area contributed by atoms with Crippen LogP contribution in [0.15, 0.2) is 6.07 Å². The van der Waals surface area contributed by atoms with Crippen molar-refractivity contribution in [3.8, 4) is 0 Å². The minimum absolute atomic E-state index is 0.573. The van der Waals surface area contributed by atoms with Crippen LogP contribution in [0.5, 0.6) is 0 Å². The highest BCUT2D eigenvalue weighted by Crippen LogP contribution is 2.15. The van der Waals surface area contributed by atoms with Gasteiger partial charge in [-0.2, -0.15) is 5.10 Å². The number of nitrogens with two attached hydrogens (primary N) is 1. The third-order valence-electron chi connectivity index (χ3n) is 3.29. The zero-order valence-corrected chi connectivity index (χ0v) is 10.1. The molecule has 5 heteroatoms. The van der Waals surface area contributed by atoms with Gasteiger partial charge in [0.1, 0.15) is 5.82 Å². The van der Waals surface area contributed by atoms with E-state index < -0.39 is 0 Å². The molecule has 1 fully saturated rings. The summed E-state index contributed by atoms with van der Waals surface area (Å²) in [4.78, 5) is 4.77. The van der Waals surface area contributed by atoms with Crippen molar-refractivity contribution in [2.45, 2.75) is 25.4 Å². The predicted octanol–water partition coefficient (Wildman–Crippen LogP) is 0.518. The van der Waals surface area contributed by atoms with Crippen molar-refractivity contribution < 1.29 is 0 Å². The van der Waals surface area contributed by atoms with Gasteiger partial charge < -0.3 is 10.6 Å². The molecule has 0 spiro atoms. The number of H-pyrrole nitrogens is 1. The molecular weight excluding hydrogens is 202 g/mol. The van der Waals surface area contributed by atoms with Gasteiger partial charge in [0.05, 0.1) is 5.69 Å². The first-order valence-corrected chi connectivity index (χ1v) is 5.83. The number of likely N-dealkylation sites (N-methyl/N-ethyl adjacent to an activating group) is 2. The first-order chi connectivity index (χ1) is 7.65. The topological polar surface area (TPSA) is 61.2 Å². The van der Waals surface area contributed by atoms with Crippen molar-refractivity contribution >= 4 is 5.82 Å². The lowest BCUT2D eigenvalue weighted by Gasteiger charge is -2.35. The van der Waals surface area contributed by atoms with Crippen molar-refractivity contribution in [1.82, 2.24) is 20.0 Å². The summed E-state index contributed by atoms with van der Waals surface area (Å²) in [5, 5.41) is 6.90. The van der Waals surface area contributed by atoms with Gasteiger partial charge in [-0.15, -0.1) is 0 Å². The Kier molecular flexibility index (Phi) is 3.46. The van der Waals surface area contributed by atoms with Gasteiger partial charge in [-0.3, -0.25) is 10.00 Å². The van der Waals surface area contributed by atoms with Gasteiger partial charge in [0.25, 0.3) is 0 Å². The summed E-state index contributed by atoms with van der Waals surface area (Å²) in [7, 11) is 4.36. The van der Waals surface area contributed by atoms with Crippen LogP contribution in [0.4, 0.5) is 5.82 Å². The summed E-state index contributed by atoms with van der Waals surface area (Å²) < 4.78 is 0. The van der Waals surface area contributed by atoms with E-state index in [2.05, 4.69) is 34.1 Å². The normalized spacial score (nSPS) is 22.8. The molecular formula is C11H21N5. The number of hydrogen-bond acceptors (Lipinski definition) is 4. The molecule has 5 nitrogen and oxygen atoms in total. The van der Waals surface area contributed by atoms with Crippen LogP contribution in [0.1, 0.15) is 18.5 Å². The highest BCUT2D eigenvalue weighted by Gasteiger charge is 2.21. The van der Waals surface area contributed by atoms with E-state index in [0.29, 0.717) is 11.9 Å². The Hall–Kier alpha value is -1.07. The average molecular weight is 223 g/mol. The monoisotopic (exact) mass is 223 g/mol. The second-order valence-electron chi connectivity index (χ2n) is 4.79. The molecule has 90 valence electrons. The Morgan fingerprint density at radius 3 is 3.12 bits per heavy atom. The maximum Gasteiger partial charge on any atom is 0.145 e. The zero-order valence-electron chi connectivity index (χ0n) is 10.1. The number of hydrogen-bond donors (Lipinski definition) is 2. The first kappa shape index (κ1) is 11.4. The Labute approximate surface area is 96.6 Å². The maximum absolute atomic E-state index is 5.59. The smallest absolute Gasteiger partial charge is 0.145 e. The molecule has 0 amide bonds. The van der Waals surface area contributed by atoms with E-state index in [1.165, 1.54) is 19.4 Å². The molecule has 1 unspecified atom stereocenters. The minimum atomic E-state index is 0.573. The molecule has 0 saturated carbocycles. The molecule has 1 aliphatic heterocycles. The van der Waals surface area contributed by atoms with Crippen LogP contribution in [0.25, 0.3) is 0 Å². The van der Waals surface area contributed by atoms with Crippen LogP contribution in [-0.4, -0.2) is 53.2 Å². The Bertz CT molecular complexity index is 335. The molecule has 2 rings (SSSR count). The molecule has 16 heavy (non-hydrogen) atoms. The van der Waals surface area contributed by atoms with Crippen LogP contribution >= 0.6 is 0 Å². The van der Waals surface area contributed by atoms with E-state index in [0.717, 1.165) is 18.8 Å². The van der Waals surface area contributed by atoms with Crippen molar-refractivity contribution in [3.63, 3.8) is 0 Å². The molecule has 0 aromatic carbocycles. The van der Waals surface area contributed by atoms with E-state index in [1.54, 1.807) is 0 Å². The second-order valence-corrected chi connectivity index (χ2v) is 4.79. The number of nitrogens with zero attached hydrogens (tertiary/aromatic N) is 3. The average Bonchev–Trinajstić information content (AvgIpc) is 2.64. The van der Waals surface area contributed by atoms with E-state index in [9.17, 15) is 0 Å². The number of aromatic nitrogens is 2. The van der Waals surface area contributed by atoms with Crippen LogP contribution in [-0.2, 0) is 6.54 Å². The molecule has 1 atom stereocenters. The molecule has 1 aliphatic rings. The number of piperidine rings is 1. The number of nitrogen functional groups attached to an aromatic ring is 1. The van der Waals surface area contributed by atoms with Gasteiger partial charge in [0, 0.05) is 25.2 Å². The molecule has 0 radical (unpaired) electrons. The minimum Gasteiger partial charge on any atom is -0.382 e. The Balaban J connectivity index is 1.89. The Morgan fingerprint density at radius 2 is 2.50 bits per heavy atom. The van der Waals surface area contributed by atoms with Crippen LogP contribution in [0.2, 0.25) is 0 Å². The number of likely N-dealkylation sites (tertiary alicyclic amines) is 1. The Morgan fingerprint density at radius 1 is 1.69 bits per heavy atom. The van der Waals surface area contributed by atoms with Gasteiger partial charge >= 0.3 is 0 Å². The summed E-state index contributed by atoms with van der Waals surface area (Å²) in [5.41, 5.74) is 6.68. The molecule has 1 aromatic heterocycles. The van der Waals surface area contributed by atoms with Crippen molar-refractivity contribution in [3.05, 3.63) is 11.8 Å². The largest absolute Gasteiger partial charge is 0.382 e. The lowest BCUT2D eigenvalue weighted by Crippen LogP contribution is -2.44. The SMILES string of the molecule is CN1CCCC(N(C)Cc2cc(N)n[nH]2)C1. The van der Waals surface area contributed by atoms with E-state index in [1.807, 2.05) is 6.07 Å². The fourth-order valence-corrected chi connectivity index (χ4v) is 2.36. The number of anilines is 1. The molecule has 1 saturated heterocycles. The molecule has 1 aromatic rings. The third-order valence-corrected chi connectivity index (χ3v) is 3.29. The molecule has 3 N–H and O–H groups in total. The highest BCUT2D eigenvalue weighted by molar-refractivity contribution is 5.28. The molecule has 2 heterocycles. The molecule has 0 bridgehead atoms. The van der Waals surface area contributed by atoms with Crippen LogP contribution < -0.4 is 5.73 Å².